The summed E-state index contributed by atoms with van der Waals surface area (Å²) in [7, 11) is 0. The van der Waals surface area contributed by atoms with Gasteiger partial charge in [0, 0.05) is 12.2 Å². The molecule has 0 atom stereocenters. The summed E-state index contributed by atoms with van der Waals surface area (Å²) < 4.78 is 0. The van der Waals surface area contributed by atoms with Gasteiger partial charge in [-0.3, -0.25) is 0 Å². The molecule has 78 valence electrons. The number of nitrogen functional groups attached to an aromatic ring is 1. The quantitative estimate of drug-likeness (QED) is 0.499. The van der Waals surface area contributed by atoms with Gasteiger partial charge in [-0.25, -0.2) is 14.8 Å². The number of carboxylic acid groups (broad SMARTS) is 1. The van der Waals surface area contributed by atoms with Crippen molar-refractivity contribution < 1.29 is 9.90 Å². The number of rotatable bonds is 2. The van der Waals surface area contributed by atoms with Crippen molar-refractivity contribution in [2.75, 3.05) is 11.5 Å². The van der Waals surface area contributed by atoms with E-state index in [1.54, 1.807) is 0 Å². The predicted molar refractivity (Wildman–Crippen MR) is 58.8 cm³/mol. The maximum absolute atomic E-state index is 10.7. The van der Waals surface area contributed by atoms with Crippen molar-refractivity contribution in [3.05, 3.63) is 17.6 Å². The summed E-state index contributed by atoms with van der Waals surface area (Å²) in [5.74, 6) is 4.77. The maximum atomic E-state index is 10.7. The maximum Gasteiger partial charge on any atom is 0.358 e. The summed E-state index contributed by atoms with van der Waals surface area (Å²) in [6, 6.07) is 0. The van der Waals surface area contributed by atoms with E-state index in [-0.39, 0.29) is 11.5 Å². The molecule has 0 unspecified atom stereocenters. The van der Waals surface area contributed by atoms with Crippen LogP contribution in [-0.4, -0.2) is 26.8 Å². The van der Waals surface area contributed by atoms with E-state index in [1.165, 1.54) is 6.20 Å². The van der Waals surface area contributed by atoms with E-state index >= 15 is 0 Å². The third kappa shape index (κ3) is 3.14. The molecular formula is C9H9N3O2S. The molecule has 0 spiro atoms. The molecule has 0 aliphatic rings. The molecule has 6 heteroatoms. The summed E-state index contributed by atoms with van der Waals surface area (Å²) in [5, 5.41) is 8.72. The van der Waals surface area contributed by atoms with Crippen molar-refractivity contribution in [1.29, 1.82) is 0 Å². The molecule has 15 heavy (non-hydrogen) atoms. The van der Waals surface area contributed by atoms with E-state index in [1.807, 2.05) is 0 Å². The Bertz CT molecular complexity index is 437. The monoisotopic (exact) mass is 223 g/mol. The number of carbonyl (C=O) groups is 1. The third-order valence-electron chi connectivity index (χ3n) is 1.46. The third-order valence-corrected chi connectivity index (χ3v) is 1.68. The second kappa shape index (κ2) is 5.22. The molecule has 1 rings (SSSR count). The van der Waals surface area contributed by atoms with Gasteiger partial charge in [0.15, 0.2) is 11.5 Å². The van der Waals surface area contributed by atoms with Crippen molar-refractivity contribution in [2.45, 2.75) is 6.42 Å². The molecule has 0 aliphatic heterocycles. The molecule has 0 saturated heterocycles. The van der Waals surface area contributed by atoms with Crippen LogP contribution in [0.1, 0.15) is 22.6 Å². The summed E-state index contributed by atoms with van der Waals surface area (Å²) >= 11 is 3.98. The number of thiol groups is 1. The highest BCUT2D eigenvalue weighted by Gasteiger charge is 2.10. The van der Waals surface area contributed by atoms with Gasteiger partial charge in [-0.1, -0.05) is 5.92 Å². The van der Waals surface area contributed by atoms with E-state index in [0.29, 0.717) is 17.9 Å². The molecule has 0 amide bonds. The smallest absolute Gasteiger partial charge is 0.358 e. The van der Waals surface area contributed by atoms with Gasteiger partial charge >= 0.3 is 5.97 Å². The molecule has 0 bridgehead atoms. The number of aromatic carboxylic acids is 1. The summed E-state index contributed by atoms with van der Waals surface area (Å²) in [6.07, 6.45) is 1.95. The number of anilines is 1. The number of nitrogens with two attached hydrogens (primary N) is 1. The lowest BCUT2D eigenvalue weighted by molar-refractivity contribution is 0.0691. The summed E-state index contributed by atoms with van der Waals surface area (Å²) in [6.45, 7) is 0. The molecule has 1 aromatic heterocycles. The van der Waals surface area contributed by atoms with E-state index in [9.17, 15) is 4.79 Å². The fourth-order valence-electron chi connectivity index (χ4n) is 0.825. The minimum atomic E-state index is -1.21. The Hall–Kier alpha value is -1.74. The van der Waals surface area contributed by atoms with Crippen molar-refractivity contribution in [1.82, 2.24) is 9.97 Å². The second-order valence-electron chi connectivity index (χ2n) is 2.57. The van der Waals surface area contributed by atoms with E-state index in [4.69, 9.17) is 10.8 Å². The molecule has 5 nitrogen and oxygen atoms in total. The zero-order chi connectivity index (χ0) is 11.3. The molecule has 3 N–H and O–H groups in total. The van der Waals surface area contributed by atoms with Crippen LogP contribution in [0, 0.1) is 11.8 Å². The fraction of sp³-hybridized carbons (Fsp3) is 0.222. The lowest BCUT2D eigenvalue weighted by atomic mass is 10.3. The Morgan fingerprint density at radius 1 is 1.67 bits per heavy atom. The van der Waals surface area contributed by atoms with Gasteiger partial charge in [0.1, 0.15) is 5.69 Å². The van der Waals surface area contributed by atoms with Gasteiger partial charge in [0.2, 0.25) is 0 Å². The van der Waals surface area contributed by atoms with Crippen molar-refractivity contribution >= 4 is 24.4 Å². The zero-order valence-electron chi connectivity index (χ0n) is 7.77. The number of carboxylic acids is 1. The SMILES string of the molecule is Nc1ncc(C#CCCS)nc1C(=O)O. The lowest BCUT2D eigenvalue weighted by Gasteiger charge is -1.97. The van der Waals surface area contributed by atoms with Crippen molar-refractivity contribution in [2.24, 2.45) is 0 Å². The first-order valence-electron chi connectivity index (χ1n) is 4.10. The van der Waals surface area contributed by atoms with Gasteiger partial charge in [0.05, 0.1) is 6.20 Å². The van der Waals surface area contributed by atoms with E-state index in [2.05, 4.69) is 34.4 Å². The standard InChI is InChI=1S/C9H9N3O2S/c10-8-7(9(13)14)12-6(5-11-8)3-1-2-4-15/h5,15H,2,4H2,(H2,10,11)(H,13,14). The molecule has 0 radical (unpaired) electrons. The van der Waals surface area contributed by atoms with Crippen LogP contribution in [0.5, 0.6) is 0 Å². The van der Waals surface area contributed by atoms with Crippen LogP contribution in [-0.2, 0) is 0 Å². The molecule has 0 saturated carbocycles. The minimum Gasteiger partial charge on any atom is -0.476 e. The molecule has 1 aromatic rings. The minimum absolute atomic E-state index is 0.109. The molecule has 0 fully saturated rings. The topological polar surface area (TPSA) is 89.1 Å². The van der Waals surface area contributed by atoms with Crippen LogP contribution >= 0.6 is 12.6 Å². The Balaban J connectivity index is 2.99. The number of hydrogen-bond acceptors (Lipinski definition) is 5. The Morgan fingerprint density at radius 3 is 3.00 bits per heavy atom. The molecular weight excluding hydrogens is 214 g/mol. The van der Waals surface area contributed by atoms with Crippen molar-refractivity contribution in [3.8, 4) is 11.8 Å². The first-order valence-corrected chi connectivity index (χ1v) is 4.74. The first kappa shape index (κ1) is 11.3. The number of nitrogens with zero attached hydrogens (tertiary/aromatic N) is 2. The lowest BCUT2D eigenvalue weighted by Crippen LogP contribution is -2.08. The molecule has 0 aromatic carbocycles. The van der Waals surface area contributed by atoms with Crippen LogP contribution in [0.2, 0.25) is 0 Å². The molecule has 1 heterocycles. The average Bonchev–Trinajstić information content (AvgIpc) is 2.20. The van der Waals surface area contributed by atoms with Crippen LogP contribution in [0.25, 0.3) is 0 Å². The average molecular weight is 223 g/mol. The Labute approximate surface area is 92.1 Å². The number of hydrogen-bond donors (Lipinski definition) is 3. The Kier molecular flexibility index (Phi) is 3.94. The zero-order valence-corrected chi connectivity index (χ0v) is 8.66. The van der Waals surface area contributed by atoms with E-state index in [0.717, 1.165) is 0 Å². The Morgan fingerprint density at radius 2 is 2.40 bits per heavy atom. The van der Waals surface area contributed by atoms with Crippen molar-refractivity contribution in [3.63, 3.8) is 0 Å². The van der Waals surface area contributed by atoms with Crippen LogP contribution in [0.15, 0.2) is 6.20 Å². The highest BCUT2D eigenvalue weighted by atomic mass is 32.1. The van der Waals surface area contributed by atoms with Gasteiger partial charge in [-0.2, -0.15) is 12.6 Å². The summed E-state index contributed by atoms with van der Waals surface area (Å²) in [4.78, 5) is 18.1. The van der Waals surface area contributed by atoms with Crippen LogP contribution in [0.3, 0.4) is 0 Å². The van der Waals surface area contributed by atoms with Crippen LogP contribution in [0.4, 0.5) is 5.82 Å². The highest BCUT2D eigenvalue weighted by Crippen LogP contribution is 2.04. The van der Waals surface area contributed by atoms with E-state index < -0.39 is 5.97 Å². The highest BCUT2D eigenvalue weighted by molar-refractivity contribution is 7.80. The first-order chi connectivity index (χ1) is 7.15. The summed E-state index contributed by atoms with van der Waals surface area (Å²) in [5.41, 5.74) is 5.35. The predicted octanol–water partition coefficient (Wildman–Crippen LogP) is 0.428. The number of aromatic nitrogens is 2. The van der Waals surface area contributed by atoms with Gasteiger partial charge < -0.3 is 10.8 Å². The van der Waals surface area contributed by atoms with Crippen LogP contribution < -0.4 is 5.73 Å². The molecule has 0 aliphatic carbocycles. The van der Waals surface area contributed by atoms with Gasteiger partial charge in [-0.15, -0.1) is 0 Å². The normalized spacial score (nSPS) is 9.13. The second-order valence-corrected chi connectivity index (χ2v) is 3.02. The van der Waals surface area contributed by atoms with Gasteiger partial charge in [-0.05, 0) is 5.92 Å². The largest absolute Gasteiger partial charge is 0.476 e. The fourth-order valence-corrected chi connectivity index (χ4v) is 0.937. The van der Waals surface area contributed by atoms with Gasteiger partial charge in [0.25, 0.3) is 0 Å².